The molecule has 0 radical (unpaired) electrons. The number of rotatable bonds is 6. The predicted octanol–water partition coefficient (Wildman–Crippen LogP) is 4.88. The van der Waals surface area contributed by atoms with Crippen LogP contribution in [0, 0.1) is 0 Å². The standard InChI is InChI=1S/C18H21Br2N4OPS/c1-21-18(27)22-10-13-25-26-23(16-6-2-14(19)3-7-16)11-12-24(26)17-8-4-15(20)5-9-17/h2-9H,10-13H2,1H3,(H2,21,22,27). The number of benzene rings is 2. The zero-order valence-electron chi connectivity index (χ0n) is 14.9. The van der Waals surface area contributed by atoms with Crippen molar-refractivity contribution in [1.82, 2.24) is 10.6 Å². The Morgan fingerprint density at radius 1 is 1.00 bits per heavy atom. The van der Waals surface area contributed by atoms with Crippen molar-refractivity contribution >= 4 is 69.0 Å². The summed E-state index contributed by atoms with van der Waals surface area (Å²) in [5.74, 6) is 0. The van der Waals surface area contributed by atoms with Crippen LogP contribution in [0.3, 0.4) is 0 Å². The minimum absolute atomic E-state index is 0.577. The maximum atomic E-state index is 6.34. The molecule has 0 amide bonds. The van der Waals surface area contributed by atoms with E-state index in [1.807, 2.05) is 7.05 Å². The van der Waals surface area contributed by atoms with Crippen LogP contribution in [0.1, 0.15) is 0 Å². The van der Waals surface area contributed by atoms with Gasteiger partial charge in [0.1, 0.15) is 0 Å². The van der Waals surface area contributed by atoms with Gasteiger partial charge in [0.2, 0.25) is 8.45 Å². The van der Waals surface area contributed by atoms with Crippen molar-refractivity contribution in [2.45, 2.75) is 0 Å². The van der Waals surface area contributed by atoms with Gasteiger partial charge in [-0.15, -0.1) is 0 Å². The second kappa shape index (κ2) is 10.0. The fourth-order valence-corrected chi connectivity index (χ4v) is 5.30. The number of thiocarbonyl (C=S) groups is 1. The summed E-state index contributed by atoms with van der Waals surface area (Å²) >= 11 is 12.1. The smallest absolute Gasteiger partial charge is 0.248 e. The highest BCUT2D eigenvalue weighted by Gasteiger charge is 2.34. The van der Waals surface area contributed by atoms with Gasteiger partial charge >= 0.3 is 0 Å². The third-order valence-electron chi connectivity index (χ3n) is 4.01. The largest absolute Gasteiger partial charge is 0.366 e. The molecule has 0 bridgehead atoms. The van der Waals surface area contributed by atoms with Crippen molar-refractivity contribution in [3.8, 4) is 0 Å². The summed E-state index contributed by atoms with van der Waals surface area (Å²) in [6.45, 7) is 3.09. The summed E-state index contributed by atoms with van der Waals surface area (Å²) in [7, 11) is 0.861. The summed E-state index contributed by atoms with van der Waals surface area (Å²) in [5, 5.41) is 6.68. The van der Waals surface area contributed by atoms with Crippen molar-refractivity contribution in [3.63, 3.8) is 0 Å². The molecule has 0 spiro atoms. The number of halogens is 2. The minimum atomic E-state index is -0.947. The molecule has 2 N–H and O–H groups in total. The molecule has 2 aromatic carbocycles. The van der Waals surface area contributed by atoms with Crippen LogP contribution in [0.2, 0.25) is 0 Å². The van der Waals surface area contributed by atoms with Crippen LogP contribution in [-0.4, -0.2) is 38.4 Å². The maximum absolute atomic E-state index is 6.34. The van der Waals surface area contributed by atoms with Crippen LogP contribution in [0.5, 0.6) is 0 Å². The lowest BCUT2D eigenvalue weighted by Gasteiger charge is -2.31. The van der Waals surface area contributed by atoms with Gasteiger partial charge in [0.25, 0.3) is 0 Å². The Hall–Kier alpha value is -0.920. The van der Waals surface area contributed by atoms with Crippen LogP contribution in [0.4, 0.5) is 11.4 Å². The number of nitrogens with one attached hydrogen (secondary N) is 2. The minimum Gasteiger partial charge on any atom is -0.366 e. The van der Waals surface area contributed by atoms with E-state index in [1.54, 1.807) is 0 Å². The molecule has 1 aliphatic heterocycles. The van der Waals surface area contributed by atoms with E-state index < -0.39 is 8.45 Å². The van der Waals surface area contributed by atoms with E-state index in [9.17, 15) is 0 Å². The summed E-state index contributed by atoms with van der Waals surface area (Å²) < 4.78 is 13.2. The predicted molar refractivity (Wildman–Crippen MR) is 126 cm³/mol. The molecule has 0 saturated carbocycles. The molecule has 3 rings (SSSR count). The third-order valence-corrected chi connectivity index (χ3v) is 7.51. The Kier molecular flexibility index (Phi) is 7.73. The van der Waals surface area contributed by atoms with Crippen LogP contribution >= 0.6 is 52.5 Å². The van der Waals surface area contributed by atoms with Gasteiger partial charge in [-0.1, -0.05) is 31.9 Å². The van der Waals surface area contributed by atoms with E-state index in [0.717, 1.165) is 22.0 Å². The zero-order valence-corrected chi connectivity index (χ0v) is 19.7. The van der Waals surface area contributed by atoms with Gasteiger partial charge in [-0.05, 0) is 60.7 Å². The fourth-order valence-electron chi connectivity index (χ4n) is 2.69. The Morgan fingerprint density at radius 3 is 1.93 bits per heavy atom. The van der Waals surface area contributed by atoms with E-state index in [1.165, 1.54) is 11.4 Å². The van der Waals surface area contributed by atoms with Gasteiger partial charge in [-0.2, -0.15) is 0 Å². The second-order valence-electron chi connectivity index (χ2n) is 5.79. The van der Waals surface area contributed by atoms with Crippen LogP contribution in [0.15, 0.2) is 57.5 Å². The average Bonchev–Trinajstić information content (AvgIpc) is 3.10. The van der Waals surface area contributed by atoms with Crippen LogP contribution < -0.4 is 20.0 Å². The lowest BCUT2D eigenvalue weighted by molar-refractivity contribution is 0.356. The van der Waals surface area contributed by atoms with Gasteiger partial charge in [0.15, 0.2) is 5.11 Å². The van der Waals surface area contributed by atoms with Crippen molar-refractivity contribution < 1.29 is 4.52 Å². The highest BCUT2D eigenvalue weighted by atomic mass is 79.9. The van der Waals surface area contributed by atoms with Crippen LogP contribution in [-0.2, 0) is 4.52 Å². The van der Waals surface area contributed by atoms with Crippen LogP contribution in [0.25, 0.3) is 0 Å². The molecular weight excluding hydrogens is 511 g/mol. The first-order valence-electron chi connectivity index (χ1n) is 8.53. The molecule has 9 heteroatoms. The van der Waals surface area contributed by atoms with Gasteiger partial charge in [0, 0.05) is 47.0 Å². The maximum Gasteiger partial charge on any atom is 0.248 e. The molecule has 5 nitrogen and oxygen atoms in total. The highest BCUT2D eigenvalue weighted by Crippen LogP contribution is 2.53. The average molecular weight is 532 g/mol. The molecule has 0 atom stereocenters. The number of nitrogens with zero attached hydrogens (tertiary/aromatic N) is 2. The lowest BCUT2D eigenvalue weighted by Crippen LogP contribution is -2.34. The van der Waals surface area contributed by atoms with Crippen molar-refractivity contribution in [1.29, 1.82) is 0 Å². The summed E-state index contributed by atoms with van der Waals surface area (Å²) in [6, 6.07) is 16.8. The van der Waals surface area contributed by atoms with Gasteiger partial charge < -0.3 is 24.5 Å². The van der Waals surface area contributed by atoms with E-state index in [2.05, 4.69) is 100 Å². The molecule has 1 aliphatic rings. The normalized spacial score (nSPS) is 14.5. The van der Waals surface area contributed by atoms with Crippen molar-refractivity contribution in [2.75, 3.05) is 42.6 Å². The lowest BCUT2D eigenvalue weighted by atomic mass is 10.3. The zero-order chi connectivity index (χ0) is 19.2. The molecular formula is C18H21Br2N4OPS. The highest BCUT2D eigenvalue weighted by molar-refractivity contribution is 9.10. The fraction of sp³-hybridized carbons (Fsp3) is 0.278. The molecule has 1 heterocycles. The molecule has 1 fully saturated rings. The van der Waals surface area contributed by atoms with Crippen molar-refractivity contribution in [3.05, 3.63) is 57.5 Å². The molecule has 144 valence electrons. The first-order valence-corrected chi connectivity index (χ1v) is 11.7. The number of hydrogen-bond acceptors (Lipinski definition) is 4. The quantitative estimate of drug-likeness (QED) is 0.314. The third kappa shape index (κ3) is 5.55. The molecule has 1 saturated heterocycles. The molecule has 0 unspecified atom stereocenters. The van der Waals surface area contributed by atoms with Gasteiger partial charge in [-0.25, -0.2) is 0 Å². The van der Waals surface area contributed by atoms with Gasteiger partial charge in [-0.3, -0.25) is 0 Å². The van der Waals surface area contributed by atoms with E-state index in [0.29, 0.717) is 18.3 Å². The first-order chi connectivity index (χ1) is 13.1. The molecule has 0 aliphatic carbocycles. The summed E-state index contributed by atoms with van der Waals surface area (Å²) in [4.78, 5) is 0. The number of anilines is 2. The SMILES string of the molecule is CNC(=S)NCCOP1N(c2ccc(Br)cc2)CCN1c1ccc(Br)cc1. The van der Waals surface area contributed by atoms with Crippen molar-refractivity contribution in [2.24, 2.45) is 0 Å². The van der Waals surface area contributed by atoms with E-state index in [-0.39, 0.29) is 0 Å². The molecule has 2 aromatic rings. The topological polar surface area (TPSA) is 39.8 Å². The summed E-state index contributed by atoms with van der Waals surface area (Å²) in [5.41, 5.74) is 2.34. The Bertz CT molecular complexity index is 709. The molecule has 27 heavy (non-hydrogen) atoms. The monoisotopic (exact) mass is 530 g/mol. The Morgan fingerprint density at radius 2 is 1.48 bits per heavy atom. The molecule has 0 aromatic heterocycles. The number of hydrogen-bond donors (Lipinski definition) is 2. The Balaban J connectivity index is 1.75. The van der Waals surface area contributed by atoms with Gasteiger partial charge in [0.05, 0.1) is 6.61 Å². The Labute approximate surface area is 183 Å². The van der Waals surface area contributed by atoms with E-state index in [4.69, 9.17) is 16.7 Å². The summed E-state index contributed by atoms with van der Waals surface area (Å²) in [6.07, 6.45) is 0. The van der Waals surface area contributed by atoms with E-state index >= 15 is 0 Å². The second-order valence-corrected chi connectivity index (χ2v) is 9.76. The first kappa shape index (κ1) is 20.8.